The summed E-state index contributed by atoms with van der Waals surface area (Å²) in [6.45, 7) is 4.56. The van der Waals surface area contributed by atoms with Gasteiger partial charge in [-0.15, -0.1) is 28.0 Å². The number of thiophene rings is 1. The zero-order chi connectivity index (χ0) is 11.5. The smallest absolute Gasteiger partial charge is 0.315 e. The topological polar surface area (TPSA) is 51.0 Å². The van der Waals surface area contributed by atoms with Crippen LogP contribution in [0.2, 0.25) is 0 Å². The third-order valence-corrected chi connectivity index (χ3v) is 3.18. The van der Waals surface area contributed by atoms with Crippen molar-refractivity contribution in [3.05, 3.63) is 27.8 Å². The van der Waals surface area contributed by atoms with Gasteiger partial charge in [-0.25, -0.2) is 0 Å². The average molecular weight is 258 g/mol. The lowest BCUT2D eigenvalue weighted by molar-refractivity contribution is 0.506. The second-order valence-electron chi connectivity index (χ2n) is 3.43. The van der Waals surface area contributed by atoms with E-state index in [1.807, 2.05) is 0 Å². The van der Waals surface area contributed by atoms with Gasteiger partial charge in [0, 0.05) is 9.75 Å². The van der Waals surface area contributed by atoms with Crippen LogP contribution in [0.25, 0.3) is 0 Å². The number of halogens is 1. The number of aromatic nitrogens is 2. The summed E-state index contributed by atoms with van der Waals surface area (Å²) in [6.07, 6.45) is 0. The van der Waals surface area contributed by atoms with Crippen LogP contribution in [0.3, 0.4) is 0 Å². The summed E-state index contributed by atoms with van der Waals surface area (Å²) in [7, 11) is 0. The molecular formula is C10H12ClN3OS. The van der Waals surface area contributed by atoms with E-state index < -0.39 is 0 Å². The lowest BCUT2D eigenvalue weighted by Gasteiger charge is -1.97. The van der Waals surface area contributed by atoms with Gasteiger partial charge in [0.15, 0.2) is 0 Å². The Morgan fingerprint density at radius 1 is 1.50 bits per heavy atom. The molecule has 0 aromatic carbocycles. The number of nitrogens with one attached hydrogen (secondary N) is 1. The van der Waals surface area contributed by atoms with Gasteiger partial charge in [0.25, 0.3) is 0 Å². The van der Waals surface area contributed by atoms with E-state index in [2.05, 4.69) is 34.6 Å². The molecule has 86 valence electrons. The molecule has 6 heteroatoms. The molecule has 0 amide bonds. The highest BCUT2D eigenvalue weighted by atomic mass is 35.5. The van der Waals surface area contributed by atoms with Crippen molar-refractivity contribution in [3.63, 3.8) is 0 Å². The van der Waals surface area contributed by atoms with Crippen molar-refractivity contribution in [2.45, 2.75) is 25.8 Å². The van der Waals surface area contributed by atoms with Crippen LogP contribution in [0.1, 0.15) is 27.9 Å². The molecule has 4 nitrogen and oxygen atoms in total. The number of rotatable bonds is 4. The predicted octanol–water partition coefficient (Wildman–Crippen LogP) is 3.35. The lowest BCUT2D eigenvalue weighted by Crippen LogP contribution is -1.97. The van der Waals surface area contributed by atoms with E-state index in [4.69, 9.17) is 16.0 Å². The fourth-order valence-electron chi connectivity index (χ4n) is 1.21. The minimum atomic E-state index is -0.257. The van der Waals surface area contributed by atoms with Gasteiger partial charge in [-0.3, -0.25) is 0 Å². The number of nitrogens with zero attached hydrogens (tertiary/aromatic N) is 2. The van der Waals surface area contributed by atoms with E-state index >= 15 is 0 Å². The maximum atomic E-state index is 5.82. The van der Waals surface area contributed by atoms with Crippen LogP contribution in [0.4, 0.5) is 6.01 Å². The second kappa shape index (κ2) is 4.84. The quantitative estimate of drug-likeness (QED) is 0.854. The Hall–Kier alpha value is -1.07. The number of anilines is 1. The van der Waals surface area contributed by atoms with Gasteiger partial charge in [-0.05, 0) is 26.0 Å². The van der Waals surface area contributed by atoms with Crippen LogP contribution in [0.15, 0.2) is 16.5 Å². The molecular weight excluding hydrogens is 246 g/mol. The van der Waals surface area contributed by atoms with Crippen molar-refractivity contribution in [2.75, 3.05) is 5.32 Å². The Kier molecular flexibility index (Phi) is 3.46. The first kappa shape index (κ1) is 11.4. The third-order valence-electron chi connectivity index (χ3n) is 1.99. The van der Waals surface area contributed by atoms with Gasteiger partial charge >= 0.3 is 6.01 Å². The fraction of sp³-hybridized carbons (Fsp3) is 0.400. The normalized spacial score (nSPS) is 12.7. The molecule has 0 radical (unpaired) electrons. The lowest BCUT2D eigenvalue weighted by atomic mass is 10.4. The Balaban J connectivity index is 1.94. The van der Waals surface area contributed by atoms with Crippen LogP contribution < -0.4 is 5.32 Å². The highest BCUT2D eigenvalue weighted by Gasteiger charge is 2.10. The molecule has 2 rings (SSSR count). The van der Waals surface area contributed by atoms with E-state index in [-0.39, 0.29) is 5.38 Å². The molecule has 2 heterocycles. The van der Waals surface area contributed by atoms with Crippen molar-refractivity contribution in [2.24, 2.45) is 0 Å². The van der Waals surface area contributed by atoms with E-state index in [0.29, 0.717) is 18.5 Å². The van der Waals surface area contributed by atoms with Gasteiger partial charge in [-0.1, -0.05) is 5.10 Å². The molecule has 1 unspecified atom stereocenters. The molecule has 1 N–H and O–H groups in total. The molecule has 0 saturated carbocycles. The molecule has 1 atom stereocenters. The van der Waals surface area contributed by atoms with Crippen LogP contribution in [0, 0.1) is 6.92 Å². The first-order chi connectivity index (χ1) is 7.65. The summed E-state index contributed by atoms with van der Waals surface area (Å²) < 4.78 is 5.31. The summed E-state index contributed by atoms with van der Waals surface area (Å²) >= 11 is 7.56. The van der Waals surface area contributed by atoms with E-state index in [9.17, 15) is 0 Å². The van der Waals surface area contributed by atoms with E-state index in [0.717, 1.165) is 0 Å². The zero-order valence-corrected chi connectivity index (χ0v) is 10.6. The molecule has 0 spiro atoms. The molecule has 0 bridgehead atoms. The van der Waals surface area contributed by atoms with Crippen molar-refractivity contribution in [3.8, 4) is 0 Å². The highest BCUT2D eigenvalue weighted by Crippen LogP contribution is 2.20. The van der Waals surface area contributed by atoms with Gasteiger partial charge < -0.3 is 9.73 Å². The third kappa shape index (κ3) is 2.74. The van der Waals surface area contributed by atoms with Crippen LogP contribution in [0.5, 0.6) is 0 Å². The minimum Gasteiger partial charge on any atom is -0.406 e. The molecule has 16 heavy (non-hydrogen) atoms. The second-order valence-corrected chi connectivity index (χ2v) is 5.45. The van der Waals surface area contributed by atoms with Crippen molar-refractivity contribution >= 4 is 29.0 Å². The number of aryl methyl sites for hydroxylation is 1. The average Bonchev–Trinajstić information content (AvgIpc) is 2.83. The summed E-state index contributed by atoms with van der Waals surface area (Å²) in [5.74, 6) is 0.437. The molecule has 0 aliphatic heterocycles. The monoisotopic (exact) mass is 257 g/mol. The molecule has 0 fully saturated rings. The first-order valence-corrected chi connectivity index (χ1v) is 6.17. The Bertz CT molecular complexity index is 466. The Morgan fingerprint density at radius 2 is 2.31 bits per heavy atom. The molecule has 0 aliphatic carbocycles. The molecule has 0 aliphatic rings. The predicted molar refractivity (Wildman–Crippen MR) is 64.9 cm³/mol. The SMILES string of the molecule is Cc1ccc(CNc2nnc(C(C)Cl)o2)s1. The van der Waals surface area contributed by atoms with Crippen LogP contribution in [-0.2, 0) is 6.54 Å². The van der Waals surface area contributed by atoms with Gasteiger partial charge in [0.2, 0.25) is 5.89 Å². The molecule has 2 aromatic heterocycles. The Morgan fingerprint density at radius 3 is 2.88 bits per heavy atom. The highest BCUT2D eigenvalue weighted by molar-refractivity contribution is 7.11. The summed E-state index contributed by atoms with van der Waals surface area (Å²) in [4.78, 5) is 2.52. The summed E-state index contributed by atoms with van der Waals surface area (Å²) in [5.41, 5.74) is 0. The van der Waals surface area contributed by atoms with Crippen molar-refractivity contribution in [1.29, 1.82) is 0 Å². The van der Waals surface area contributed by atoms with E-state index in [1.54, 1.807) is 18.3 Å². The standard InChI is InChI=1S/C10H12ClN3OS/c1-6-3-4-8(16-6)5-12-10-14-13-9(15-10)7(2)11/h3-4,7H,5H2,1-2H3,(H,12,14). The molecule has 2 aromatic rings. The first-order valence-electron chi connectivity index (χ1n) is 4.92. The van der Waals surface area contributed by atoms with Gasteiger partial charge in [0.1, 0.15) is 5.38 Å². The largest absolute Gasteiger partial charge is 0.406 e. The maximum absolute atomic E-state index is 5.82. The molecule has 0 saturated heterocycles. The zero-order valence-electron chi connectivity index (χ0n) is 9.03. The summed E-state index contributed by atoms with van der Waals surface area (Å²) in [6, 6.07) is 4.57. The number of hydrogen-bond donors (Lipinski definition) is 1. The summed E-state index contributed by atoms with van der Waals surface area (Å²) in [5, 5.41) is 10.5. The minimum absolute atomic E-state index is 0.257. The number of hydrogen-bond acceptors (Lipinski definition) is 5. The maximum Gasteiger partial charge on any atom is 0.315 e. The van der Waals surface area contributed by atoms with Crippen molar-refractivity contribution < 1.29 is 4.42 Å². The van der Waals surface area contributed by atoms with Gasteiger partial charge in [-0.2, -0.15) is 0 Å². The van der Waals surface area contributed by atoms with E-state index in [1.165, 1.54) is 9.75 Å². The Labute approximate surface area is 103 Å². The fourth-order valence-corrected chi connectivity index (χ4v) is 2.13. The van der Waals surface area contributed by atoms with Crippen LogP contribution in [-0.4, -0.2) is 10.2 Å². The van der Waals surface area contributed by atoms with Crippen LogP contribution >= 0.6 is 22.9 Å². The van der Waals surface area contributed by atoms with Gasteiger partial charge in [0.05, 0.1) is 6.54 Å². The van der Waals surface area contributed by atoms with Crippen molar-refractivity contribution in [1.82, 2.24) is 10.2 Å². The number of alkyl halides is 1.